The van der Waals surface area contributed by atoms with Crippen molar-refractivity contribution in [3.8, 4) is 0 Å². The minimum atomic E-state index is -0.200. The highest BCUT2D eigenvalue weighted by atomic mass is 16.3. The molecule has 0 radical (unpaired) electrons. The highest BCUT2D eigenvalue weighted by molar-refractivity contribution is 5.76. The molecule has 3 nitrogen and oxygen atoms in total. The quantitative estimate of drug-likeness (QED) is 0.809. The van der Waals surface area contributed by atoms with Crippen molar-refractivity contribution in [1.29, 1.82) is 0 Å². The van der Waals surface area contributed by atoms with Gasteiger partial charge in [-0.05, 0) is 31.6 Å². The van der Waals surface area contributed by atoms with Gasteiger partial charge in [-0.3, -0.25) is 4.79 Å². The summed E-state index contributed by atoms with van der Waals surface area (Å²) in [4.78, 5) is 11.9. The summed E-state index contributed by atoms with van der Waals surface area (Å²) >= 11 is 0. The second-order valence-electron chi connectivity index (χ2n) is 6.12. The van der Waals surface area contributed by atoms with Crippen LogP contribution in [0.25, 0.3) is 0 Å². The van der Waals surface area contributed by atoms with Crippen molar-refractivity contribution >= 4 is 5.91 Å². The molecule has 2 aliphatic rings. The van der Waals surface area contributed by atoms with E-state index in [1.165, 1.54) is 38.5 Å². The second-order valence-corrected chi connectivity index (χ2v) is 6.12. The van der Waals surface area contributed by atoms with Crippen LogP contribution in [0.1, 0.15) is 64.2 Å². The first-order valence-electron chi connectivity index (χ1n) is 7.70. The molecule has 18 heavy (non-hydrogen) atoms. The molecule has 2 fully saturated rings. The van der Waals surface area contributed by atoms with E-state index < -0.39 is 0 Å². The second kappa shape index (κ2) is 7.13. The third-order valence-electron chi connectivity index (χ3n) is 4.63. The predicted octanol–water partition coefficient (Wildman–Crippen LogP) is 2.62. The molecule has 2 aliphatic carbocycles. The van der Waals surface area contributed by atoms with E-state index in [-0.39, 0.29) is 17.9 Å². The fourth-order valence-electron chi connectivity index (χ4n) is 3.40. The molecule has 2 N–H and O–H groups in total. The van der Waals surface area contributed by atoms with E-state index in [1.54, 1.807) is 0 Å². The number of carbonyl (C=O) groups excluding carboxylic acids is 1. The summed E-state index contributed by atoms with van der Waals surface area (Å²) in [5.41, 5.74) is 0. The van der Waals surface area contributed by atoms with Gasteiger partial charge in [-0.1, -0.05) is 32.1 Å². The third-order valence-corrected chi connectivity index (χ3v) is 4.63. The number of amides is 1. The summed E-state index contributed by atoms with van der Waals surface area (Å²) in [5.74, 6) is 1.09. The van der Waals surface area contributed by atoms with E-state index >= 15 is 0 Å². The Labute approximate surface area is 110 Å². The molecule has 2 rings (SSSR count). The standard InChI is InChI=1S/C15H27NO2/c17-14-9-5-4-8-13(14)11-16-15(18)10-12-6-2-1-3-7-12/h12-14,17H,1-11H2,(H,16,18). The largest absolute Gasteiger partial charge is 0.393 e. The number of hydrogen-bond acceptors (Lipinski definition) is 2. The van der Waals surface area contributed by atoms with Crippen LogP contribution in [0.2, 0.25) is 0 Å². The highest BCUT2D eigenvalue weighted by Crippen LogP contribution is 2.26. The normalized spacial score (nSPS) is 30.1. The van der Waals surface area contributed by atoms with Crippen molar-refractivity contribution < 1.29 is 9.90 Å². The SMILES string of the molecule is O=C(CC1CCCCC1)NCC1CCCCC1O. The Morgan fingerprint density at radius 3 is 2.39 bits per heavy atom. The number of aliphatic hydroxyl groups excluding tert-OH is 1. The predicted molar refractivity (Wildman–Crippen MR) is 72.2 cm³/mol. The Hall–Kier alpha value is -0.570. The lowest BCUT2D eigenvalue weighted by molar-refractivity contribution is -0.122. The third kappa shape index (κ3) is 4.27. The van der Waals surface area contributed by atoms with E-state index in [9.17, 15) is 9.90 Å². The summed E-state index contributed by atoms with van der Waals surface area (Å²) in [7, 11) is 0. The van der Waals surface area contributed by atoms with Gasteiger partial charge in [-0.25, -0.2) is 0 Å². The van der Waals surface area contributed by atoms with Gasteiger partial charge in [-0.2, -0.15) is 0 Å². The minimum Gasteiger partial charge on any atom is -0.393 e. The van der Waals surface area contributed by atoms with Gasteiger partial charge in [-0.15, -0.1) is 0 Å². The summed E-state index contributed by atoms with van der Waals surface area (Å²) in [5, 5.41) is 12.9. The fourth-order valence-corrected chi connectivity index (χ4v) is 3.40. The van der Waals surface area contributed by atoms with Crippen LogP contribution in [-0.4, -0.2) is 23.7 Å². The number of aliphatic hydroxyl groups is 1. The molecule has 2 saturated carbocycles. The first-order valence-corrected chi connectivity index (χ1v) is 7.70. The summed E-state index contributed by atoms with van der Waals surface area (Å²) < 4.78 is 0. The van der Waals surface area contributed by atoms with E-state index in [1.807, 2.05) is 0 Å². The van der Waals surface area contributed by atoms with Crippen molar-refractivity contribution in [2.45, 2.75) is 70.3 Å². The van der Waals surface area contributed by atoms with Crippen LogP contribution in [0, 0.1) is 11.8 Å². The Morgan fingerprint density at radius 2 is 1.67 bits per heavy atom. The van der Waals surface area contributed by atoms with Crippen LogP contribution in [0.4, 0.5) is 0 Å². The summed E-state index contributed by atoms with van der Waals surface area (Å²) in [6, 6.07) is 0. The Kier molecular flexibility index (Phi) is 5.48. The van der Waals surface area contributed by atoms with Gasteiger partial charge in [0.05, 0.1) is 6.10 Å². The molecule has 0 saturated heterocycles. The van der Waals surface area contributed by atoms with Crippen molar-refractivity contribution in [3.05, 3.63) is 0 Å². The van der Waals surface area contributed by atoms with Crippen LogP contribution in [0.15, 0.2) is 0 Å². The molecule has 0 aromatic heterocycles. The lowest BCUT2D eigenvalue weighted by atomic mass is 9.85. The van der Waals surface area contributed by atoms with Gasteiger partial charge < -0.3 is 10.4 Å². The maximum Gasteiger partial charge on any atom is 0.220 e. The van der Waals surface area contributed by atoms with Gasteiger partial charge in [0.1, 0.15) is 0 Å². The molecule has 2 unspecified atom stereocenters. The van der Waals surface area contributed by atoms with Crippen LogP contribution in [0.3, 0.4) is 0 Å². The Morgan fingerprint density at radius 1 is 1.00 bits per heavy atom. The maximum atomic E-state index is 11.9. The first kappa shape index (κ1) is 13.9. The topological polar surface area (TPSA) is 49.3 Å². The number of hydrogen-bond donors (Lipinski definition) is 2. The van der Waals surface area contributed by atoms with Crippen molar-refractivity contribution in [2.24, 2.45) is 11.8 Å². The van der Waals surface area contributed by atoms with Crippen LogP contribution >= 0.6 is 0 Å². The molecular weight excluding hydrogens is 226 g/mol. The van der Waals surface area contributed by atoms with Crippen LogP contribution < -0.4 is 5.32 Å². The van der Waals surface area contributed by atoms with E-state index in [0.717, 1.165) is 19.3 Å². The average Bonchev–Trinajstić information content (AvgIpc) is 2.39. The minimum absolute atomic E-state index is 0.194. The number of rotatable bonds is 4. The van der Waals surface area contributed by atoms with Crippen molar-refractivity contribution in [2.75, 3.05) is 6.54 Å². The number of nitrogens with one attached hydrogen (secondary N) is 1. The van der Waals surface area contributed by atoms with E-state index in [4.69, 9.17) is 0 Å². The van der Waals surface area contributed by atoms with Gasteiger partial charge in [0, 0.05) is 18.9 Å². The van der Waals surface area contributed by atoms with Gasteiger partial charge in [0.25, 0.3) is 0 Å². The highest BCUT2D eigenvalue weighted by Gasteiger charge is 2.24. The number of carbonyl (C=O) groups is 1. The molecule has 0 aromatic carbocycles. The van der Waals surface area contributed by atoms with Crippen LogP contribution in [0.5, 0.6) is 0 Å². The summed E-state index contributed by atoms with van der Waals surface area (Å²) in [6.07, 6.45) is 11.2. The van der Waals surface area contributed by atoms with Crippen molar-refractivity contribution in [3.63, 3.8) is 0 Å². The maximum absolute atomic E-state index is 11.9. The monoisotopic (exact) mass is 253 g/mol. The average molecular weight is 253 g/mol. The Bertz CT molecular complexity index is 261. The molecule has 0 bridgehead atoms. The molecule has 0 aliphatic heterocycles. The zero-order valence-corrected chi connectivity index (χ0v) is 11.4. The zero-order chi connectivity index (χ0) is 12.8. The lowest BCUT2D eigenvalue weighted by Gasteiger charge is -2.28. The first-order chi connectivity index (χ1) is 8.75. The molecule has 0 aromatic rings. The van der Waals surface area contributed by atoms with Gasteiger partial charge >= 0.3 is 0 Å². The van der Waals surface area contributed by atoms with Gasteiger partial charge in [0.2, 0.25) is 5.91 Å². The lowest BCUT2D eigenvalue weighted by Crippen LogP contribution is -2.37. The molecule has 0 spiro atoms. The molecular formula is C15H27NO2. The van der Waals surface area contributed by atoms with E-state index in [0.29, 0.717) is 18.9 Å². The smallest absolute Gasteiger partial charge is 0.220 e. The van der Waals surface area contributed by atoms with Crippen molar-refractivity contribution in [1.82, 2.24) is 5.32 Å². The molecule has 2 atom stereocenters. The van der Waals surface area contributed by atoms with Crippen LogP contribution in [-0.2, 0) is 4.79 Å². The Balaban J connectivity index is 1.64. The summed E-state index contributed by atoms with van der Waals surface area (Å²) in [6.45, 7) is 0.673. The molecule has 104 valence electrons. The molecule has 0 heterocycles. The zero-order valence-electron chi connectivity index (χ0n) is 11.4. The molecule has 1 amide bonds. The van der Waals surface area contributed by atoms with E-state index in [2.05, 4.69) is 5.32 Å². The van der Waals surface area contributed by atoms with Gasteiger partial charge in [0.15, 0.2) is 0 Å². The molecule has 3 heteroatoms. The fraction of sp³-hybridized carbons (Fsp3) is 0.933.